The molecule has 1 atom stereocenters. The van der Waals surface area contributed by atoms with Gasteiger partial charge in [-0.1, -0.05) is 42.0 Å². The number of anilines is 2. The molecule has 1 amide bonds. The summed E-state index contributed by atoms with van der Waals surface area (Å²) < 4.78 is 33.5. The predicted molar refractivity (Wildman–Crippen MR) is 135 cm³/mol. The summed E-state index contributed by atoms with van der Waals surface area (Å²) in [6, 6.07) is 16.8. The maximum Gasteiger partial charge on any atom is 0.338 e. The number of amides is 1. The smallest absolute Gasteiger partial charge is 0.338 e. The lowest BCUT2D eigenvalue weighted by molar-refractivity contribution is -0.119. The molecule has 0 fully saturated rings. The Morgan fingerprint density at radius 1 is 1.00 bits per heavy atom. The van der Waals surface area contributed by atoms with Gasteiger partial charge in [-0.25, -0.2) is 13.2 Å². The first kappa shape index (κ1) is 24.5. The quantitative estimate of drug-likeness (QED) is 0.510. The van der Waals surface area contributed by atoms with E-state index in [0.29, 0.717) is 17.8 Å². The predicted octanol–water partition coefficient (Wildman–Crippen LogP) is 4.55. The van der Waals surface area contributed by atoms with Crippen LogP contribution < -0.4 is 9.62 Å². The summed E-state index contributed by atoms with van der Waals surface area (Å²) in [4.78, 5) is 25.0. The number of carbonyl (C=O) groups is 2. The molecule has 3 aromatic carbocycles. The third kappa shape index (κ3) is 4.93. The molecule has 1 heterocycles. The number of fused-ring (bicyclic) bond motifs is 1. The number of hydrogen-bond donors (Lipinski definition) is 1. The van der Waals surface area contributed by atoms with Crippen molar-refractivity contribution in [2.75, 3.05) is 16.2 Å². The molecule has 3 aromatic rings. The number of nitrogens with zero attached hydrogens (tertiary/aromatic N) is 1. The third-order valence-electron chi connectivity index (χ3n) is 6.05. The van der Waals surface area contributed by atoms with E-state index in [1.807, 2.05) is 52.0 Å². The van der Waals surface area contributed by atoms with Crippen molar-refractivity contribution in [3.05, 3.63) is 88.5 Å². The number of benzene rings is 3. The normalized spacial score (nSPS) is 15.0. The molecule has 0 radical (unpaired) electrons. The molecule has 0 aliphatic carbocycles. The zero-order valence-corrected chi connectivity index (χ0v) is 21.0. The van der Waals surface area contributed by atoms with Gasteiger partial charge in [-0.3, -0.25) is 9.10 Å². The first-order valence-electron chi connectivity index (χ1n) is 11.3. The van der Waals surface area contributed by atoms with Crippen molar-refractivity contribution in [2.45, 2.75) is 45.1 Å². The summed E-state index contributed by atoms with van der Waals surface area (Å²) >= 11 is 0. The van der Waals surface area contributed by atoms with Gasteiger partial charge in [0.05, 0.1) is 16.1 Å². The standard InChI is InChI=1S/C27H28N2O5S/c1-17-12-18(2)26(19(3)13-17)28-25(30)16-34-27(31)22-9-7-10-23(15-22)35(32,33)29-20(4)14-21-8-5-6-11-24(21)29/h5-13,15,20H,14,16H2,1-4H3,(H,28,30)/t20-/m1/s1. The number of hydrogen-bond acceptors (Lipinski definition) is 5. The zero-order chi connectivity index (χ0) is 25.3. The van der Waals surface area contributed by atoms with Crippen LogP contribution in [0.5, 0.6) is 0 Å². The fourth-order valence-corrected chi connectivity index (χ4v) is 6.31. The number of carbonyl (C=O) groups excluding carboxylic acids is 2. The summed E-state index contributed by atoms with van der Waals surface area (Å²) in [5.41, 5.74) is 5.27. The molecule has 35 heavy (non-hydrogen) atoms. The van der Waals surface area contributed by atoms with Gasteiger partial charge in [0.2, 0.25) is 0 Å². The van der Waals surface area contributed by atoms with Crippen LogP contribution in [0, 0.1) is 20.8 Å². The Bertz CT molecular complexity index is 1390. The Balaban J connectivity index is 1.47. The molecule has 7 nitrogen and oxygen atoms in total. The van der Waals surface area contributed by atoms with E-state index in [1.54, 1.807) is 12.1 Å². The van der Waals surface area contributed by atoms with E-state index in [0.717, 1.165) is 22.3 Å². The van der Waals surface area contributed by atoms with Gasteiger partial charge in [0, 0.05) is 11.7 Å². The molecule has 1 aliphatic rings. The van der Waals surface area contributed by atoms with Crippen LogP contribution in [0.1, 0.15) is 39.5 Å². The summed E-state index contributed by atoms with van der Waals surface area (Å²) in [5.74, 6) is -1.25. The second-order valence-electron chi connectivity index (χ2n) is 8.91. The molecule has 0 spiro atoms. The minimum atomic E-state index is -3.90. The van der Waals surface area contributed by atoms with Crippen LogP contribution in [0.25, 0.3) is 0 Å². The van der Waals surface area contributed by atoms with Gasteiger partial charge in [0.15, 0.2) is 6.61 Å². The number of esters is 1. The van der Waals surface area contributed by atoms with Gasteiger partial charge in [-0.15, -0.1) is 0 Å². The number of para-hydroxylation sites is 1. The highest BCUT2D eigenvalue weighted by Crippen LogP contribution is 2.36. The first-order valence-corrected chi connectivity index (χ1v) is 12.8. The van der Waals surface area contributed by atoms with Gasteiger partial charge in [-0.05, 0) is 75.1 Å². The Kier molecular flexibility index (Phi) is 6.67. The van der Waals surface area contributed by atoms with Crippen LogP contribution >= 0.6 is 0 Å². The summed E-state index contributed by atoms with van der Waals surface area (Å²) in [5, 5.41) is 2.78. The molecule has 8 heteroatoms. The number of nitrogens with one attached hydrogen (secondary N) is 1. The Hall–Kier alpha value is -3.65. The number of aryl methyl sites for hydroxylation is 3. The second kappa shape index (κ2) is 9.54. The van der Waals surface area contributed by atoms with Crippen molar-refractivity contribution in [1.29, 1.82) is 0 Å². The van der Waals surface area contributed by atoms with Crippen LogP contribution in [0.15, 0.2) is 65.6 Å². The molecule has 0 saturated heterocycles. The van der Waals surface area contributed by atoms with Gasteiger partial charge in [0.1, 0.15) is 0 Å². The van der Waals surface area contributed by atoms with Crippen molar-refractivity contribution in [1.82, 2.24) is 0 Å². The maximum absolute atomic E-state index is 13.4. The van der Waals surface area contributed by atoms with E-state index in [-0.39, 0.29) is 16.5 Å². The van der Waals surface area contributed by atoms with E-state index in [4.69, 9.17) is 4.74 Å². The van der Waals surface area contributed by atoms with Crippen molar-refractivity contribution in [3.8, 4) is 0 Å². The summed E-state index contributed by atoms with van der Waals surface area (Å²) in [7, 11) is -3.90. The van der Waals surface area contributed by atoms with Crippen molar-refractivity contribution in [3.63, 3.8) is 0 Å². The van der Waals surface area contributed by atoms with E-state index in [2.05, 4.69) is 5.32 Å². The van der Waals surface area contributed by atoms with E-state index >= 15 is 0 Å². The van der Waals surface area contributed by atoms with Gasteiger partial charge in [0.25, 0.3) is 15.9 Å². The molecule has 182 valence electrons. The minimum absolute atomic E-state index is 0.00846. The minimum Gasteiger partial charge on any atom is -0.452 e. The molecule has 1 aliphatic heterocycles. The fraction of sp³-hybridized carbons (Fsp3) is 0.259. The van der Waals surface area contributed by atoms with Crippen LogP contribution in [0.2, 0.25) is 0 Å². The third-order valence-corrected chi connectivity index (χ3v) is 7.97. The largest absolute Gasteiger partial charge is 0.452 e. The Morgan fingerprint density at radius 3 is 2.40 bits per heavy atom. The lowest BCUT2D eigenvalue weighted by Crippen LogP contribution is -2.35. The maximum atomic E-state index is 13.4. The van der Waals surface area contributed by atoms with E-state index < -0.39 is 28.5 Å². The summed E-state index contributed by atoms with van der Waals surface area (Å²) in [6.07, 6.45) is 0.617. The molecule has 0 aromatic heterocycles. The van der Waals surface area contributed by atoms with Crippen molar-refractivity contribution in [2.24, 2.45) is 0 Å². The monoisotopic (exact) mass is 492 g/mol. The molecule has 0 bridgehead atoms. The second-order valence-corrected chi connectivity index (χ2v) is 10.7. The SMILES string of the molecule is Cc1cc(C)c(NC(=O)COC(=O)c2cccc(S(=O)(=O)N3c4ccccc4C[C@H]3C)c2)c(C)c1. The van der Waals surface area contributed by atoms with Crippen LogP contribution in [-0.2, 0) is 26.0 Å². The van der Waals surface area contributed by atoms with Gasteiger partial charge >= 0.3 is 5.97 Å². The van der Waals surface area contributed by atoms with Crippen molar-refractivity contribution >= 4 is 33.3 Å². The average Bonchev–Trinajstić information content (AvgIpc) is 3.16. The van der Waals surface area contributed by atoms with Crippen LogP contribution in [-0.4, -0.2) is 32.9 Å². The Morgan fingerprint density at radius 2 is 1.69 bits per heavy atom. The fourth-order valence-electron chi connectivity index (χ4n) is 4.57. The number of rotatable bonds is 6. The molecule has 0 saturated carbocycles. The molecule has 1 N–H and O–H groups in total. The highest BCUT2D eigenvalue weighted by atomic mass is 32.2. The van der Waals surface area contributed by atoms with Crippen LogP contribution in [0.4, 0.5) is 11.4 Å². The Labute approximate surface area is 205 Å². The first-order chi connectivity index (χ1) is 16.6. The number of ether oxygens (including phenoxy) is 1. The van der Waals surface area contributed by atoms with Gasteiger partial charge in [-0.2, -0.15) is 0 Å². The van der Waals surface area contributed by atoms with Gasteiger partial charge < -0.3 is 10.1 Å². The summed E-state index contributed by atoms with van der Waals surface area (Å²) in [6.45, 7) is 7.13. The molecule has 0 unspecified atom stereocenters. The van der Waals surface area contributed by atoms with E-state index in [1.165, 1.54) is 28.6 Å². The molecule has 4 rings (SSSR count). The lowest BCUT2D eigenvalue weighted by atomic mass is 10.1. The van der Waals surface area contributed by atoms with Crippen molar-refractivity contribution < 1.29 is 22.7 Å². The molecular weight excluding hydrogens is 464 g/mol. The lowest BCUT2D eigenvalue weighted by Gasteiger charge is -2.24. The zero-order valence-electron chi connectivity index (χ0n) is 20.2. The topological polar surface area (TPSA) is 92.8 Å². The highest BCUT2D eigenvalue weighted by Gasteiger charge is 2.36. The number of sulfonamides is 1. The molecular formula is C27H28N2O5S. The highest BCUT2D eigenvalue weighted by molar-refractivity contribution is 7.92. The average molecular weight is 493 g/mol. The van der Waals surface area contributed by atoms with E-state index in [9.17, 15) is 18.0 Å². The van der Waals surface area contributed by atoms with Crippen LogP contribution in [0.3, 0.4) is 0 Å².